The van der Waals surface area contributed by atoms with Crippen molar-refractivity contribution in [3.8, 4) is 0 Å². The second kappa shape index (κ2) is 7.39. The van der Waals surface area contributed by atoms with Crippen molar-refractivity contribution in [3.63, 3.8) is 0 Å². The summed E-state index contributed by atoms with van der Waals surface area (Å²) in [6.07, 6.45) is 5.54. The highest BCUT2D eigenvalue weighted by Crippen LogP contribution is 2.49. The van der Waals surface area contributed by atoms with E-state index in [1.807, 2.05) is 18.2 Å². The van der Waals surface area contributed by atoms with Gasteiger partial charge >= 0.3 is 0 Å². The maximum atomic E-state index is 12.1. The predicted octanol–water partition coefficient (Wildman–Crippen LogP) is 4.62. The molecule has 0 unspecified atom stereocenters. The highest BCUT2D eigenvalue weighted by atomic mass is 79.9. The Kier molecular flexibility index (Phi) is 5.50. The zero-order valence-electron chi connectivity index (χ0n) is 13.1. The molecule has 2 fully saturated rings. The topological polar surface area (TPSA) is 29.1 Å². The summed E-state index contributed by atoms with van der Waals surface area (Å²) in [5.41, 5.74) is 1.25. The van der Waals surface area contributed by atoms with Gasteiger partial charge in [-0.25, -0.2) is 0 Å². The number of nitrogens with one attached hydrogen (secondary N) is 1. The van der Waals surface area contributed by atoms with Gasteiger partial charge in [0.25, 0.3) is 0 Å². The lowest BCUT2D eigenvalue weighted by molar-refractivity contribution is -0.119. The zero-order valence-corrected chi connectivity index (χ0v) is 15.5. The fourth-order valence-corrected chi connectivity index (χ4v) is 5.63. The smallest absolute Gasteiger partial charge is 0.230 e. The van der Waals surface area contributed by atoms with Gasteiger partial charge in [-0.1, -0.05) is 40.5 Å². The maximum Gasteiger partial charge on any atom is 0.230 e. The number of hydrogen-bond donors (Lipinski definition) is 1. The standard InChI is InChI=1S/C18H24BrNOS/c1-12(16-9-13-6-7-14(16)8-13)20-18(21)11-22-10-15-4-2-3-5-17(15)19/h2-5,12-14,16H,6-11H2,1H3,(H,20,21)/t12-,13-,14-,16-/m0/s1. The first-order valence-corrected chi connectivity index (χ1v) is 10.2. The zero-order chi connectivity index (χ0) is 15.5. The fourth-order valence-electron chi connectivity index (χ4n) is 4.18. The summed E-state index contributed by atoms with van der Waals surface area (Å²) in [6, 6.07) is 8.55. The molecule has 2 nitrogen and oxygen atoms in total. The van der Waals surface area contributed by atoms with Crippen LogP contribution in [-0.2, 0) is 10.5 Å². The van der Waals surface area contributed by atoms with Gasteiger partial charge in [0.15, 0.2) is 0 Å². The van der Waals surface area contributed by atoms with Gasteiger partial charge in [-0.2, -0.15) is 0 Å². The Morgan fingerprint density at radius 3 is 2.86 bits per heavy atom. The summed E-state index contributed by atoms with van der Waals surface area (Å²) in [4.78, 5) is 12.1. The summed E-state index contributed by atoms with van der Waals surface area (Å²) in [6.45, 7) is 2.20. The van der Waals surface area contributed by atoms with Gasteiger partial charge in [-0.15, -0.1) is 11.8 Å². The highest BCUT2D eigenvalue weighted by Gasteiger charge is 2.42. The van der Waals surface area contributed by atoms with Crippen molar-refractivity contribution in [1.82, 2.24) is 5.32 Å². The van der Waals surface area contributed by atoms with Crippen LogP contribution in [0.4, 0.5) is 0 Å². The van der Waals surface area contributed by atoms with Crippen LogP contribution in [0.3, 0.4) is 0 Å². The van der Waals surface area contributed by atoms with Crippen molar-refractivity contribution < 1.29 is 4.79 Å². The van der Waals surface area contributed by atoms with Crippen LogP contribution in [0.1, 0.15) is 38.2 Å². The van der Waals surface area contributed by atoms with Crippen LogP contribution in [-0.4, -0.2) is 17.7 Å². The van der Waals surface area contributed by atoms with Crippen molar-refractivity contribution in [1.29, 1.82) is 0 Å². The Bertz CT molecular complexity index is 536. The molecule has 0 radical (unpaired) electrons. The minimum atomic E-state index is 0.187. The van der Waals surface area contributed by atoms with Crippen molar-refractivity contribution in [2.24, 2.45) is 17.8 Å². The van der Waals surface area contributed by atoms with Gasteiger partial charge in [-0.05, 0) is 55.6 Å². The molecule has 0 saturated heterocycles. The molecule has 1 amide bonds. The molecule has 3 rings (SSSR count). The van der Waals surface area contributed by atoms with Crippen LogP contribution in [0, 0.1) is 17.8 Å². The van der Waals surface area contributed by atoms with E-state index in [-0.39, 0.29) is 5.91 Å². The molecule has 120 valence electrons. The second-order valence-electron chi connectivity index (χ2n) is 6.78. The molecule has 22 heavy (non-hydrogen) atoms. The van der Waals surface area contributed by atoms with Crippen molar-refractivity contribution in [2.75, 3.05) is 5.75 Å². The molecule has 0 aliphatic heterocycles. The van der Waals surface area contributed by atoms with Gasteiger partial charge in [0, 0.05) is 16.3 Å². The minimum Gasteiger partial charge on any atom is -0.353 e. The molecule has 1 N–H and O–H groups in total. The number of rotatable bonds is 6. The molecule has 1 aromatic carbocycles. The maximum absolute atomic E-state index is 12.1. The molecule has 4 atom stereocenters. The van der Waals surface area contributed by atoms with E-state index in [4.69, 9.17) is 0 Å². The average Bonchev–Trinajstić information content (AvgIpc) is 3.12. The van der Waals surface area contributed by atoms with Crippen molar-refractivity contribution in [2.45, 2.75) is 44.4 Å². The first-order chi connectivity index (χ1) is 10.6. The highest BCUT2D eigenvalue weighted by molar-refractivity contribution is 9.10. The van der Waals surface area contributed by atoms with Gasteiger partial charge in [0.1, 0.15) is 0 Å². The van der Waals surface area contributed by atoms with E-state index in [0.717, 1.165) is 28.0 Å². The number of carbonyl (C=O) groups excluding carboxylic acids is 1. The summed E-state index contributed by atoms with van der Waals surface area (Å²) < 4.78 is 1.12. The predicted molar refractivity (Wildman–Crippen MR) is 96.8 cm³/mol. The summed E-state index contributed by atoms with van der Waals surface area (Å²) in [5.74, 6) is 4.14. The van der Waals surface area contributed by atoms with Crippen LogP contribution in [0.15, 0.2) is 28.7 Å². The molecule has 2 saturated carbocycles. The Labute approximate surface area is 146 Å². The quantitative estimate of drug-likeness (QED) is 0.778. The van der Waals surface area contributed by atoms with Crippen LogP contribution < -0.4 is 5.32 Å². The minimum absolute atomic E-state index is 0.187. The Morgan fingerprint density at radius 2 is 2.18 bits per heavy atom. The molecule has 0 heterocycles. The summed E-state index contributed by atoms with van der Waals surface area (Å²) in [7, 11) is 0. The molecule has 2 bridgehead atoms. The molecule has 0 aromatic heterocycles. The van der Waals surface area contributed by atoms with E-state index in [1.54, 1.807) is 11.8 Å². The molecular weight excluding hydrogens is 358 g/mol. The molecule has 0 spiro atoms. The van der Waals surface area contributed by atoms with E-state index in [1.165, 1.54) is 31.2 Å². The van der Waals surface area contributed by atoms with Crippen LogP contribution in [0.5, 0.6) is 0 Å². The van der Waals surface area contributed by atoms with E-state index in [0.29, 0.717) is 11.8 Å². The van der Waals surface area contributed by atoms with Gasteiger partial charge < -0.3 is 5.32 Å². The van der Waals surface area contributed by atoms with Crippen LogP contribution >= 0.6 is 27.7 Å². The number of amides is 1. The van der Waals surface area contributed by atoms with E-state index >= 15 is 0 Å². The van der Waals surface area contributed by atoms with Crippen LogP contribution in [0.25, 0.3) is 0 Å². The lowest BCUT2D eigenvalue weighted by atomic mass is 9.84. The molecule has 2 aliphatic rings. The Hall–Kier alpha value is -0.480. The van der Waals surface area contributed by atoms with Crippen molar-refractivity contribution >= 4 is 33.6 Å². The first-order valence-electron chi connectivity index (χ1n) is 8.24. The van der Waals surface area contributed by atoms with Gasteiger partial charge in [0.05, 0.1) is 5.75 Å². The average molecular weight is 382 g/mol. The van der Waals surface area contributed by atoms with Crippen LogP contribution in [0.2, 0.25) is 0 Å². The van der Waals surface area contributed by atoms with Gasteiger partial charge in [0.2, 0.25) is 5.91 Å². The normalized spacial score (nSPS) is 27.8. The third kappa shape index (κ3) is 3.88. The number of carbonyl (C=O) groups is 1. The molecule has 2 aliphatic carbocycles. The lowest BCUT2D eigenvalue weighted by Crippen LogP contribution is -2.40. The number of hydrogen-bond acceptors (Lipinski definition) is 2. The second-order valence-corrected chi connectivity index (χ2v) is 8.62. The van der Waals surface area contributed by atoms with E-state index < -0.39 is 0 Å². The number of thioether (sulfide) groups is 1. The number of halogens is 1. The Morgan fingerprint density at radius 1 is 1.36 bits per heavy atom. The largest absolute Gasteiger partial charge is 0.353 e. The molecular formula is C18H24BrNOS. The summed E-state index contributed by atoms with van der Waals surface area (Å²) in [5, 5.41) is 3.24. The number of fused-ring (bicyclic) bond motifs is 2. The third-order valence-corrected chi connectivity index (χ3v) is 7.03. The SMILES string of the molecule is C[C@H](NC(=O)CSCc1ccccc1Br)[C@@H]1C[C@H]2CC[C@H]1C2. The Balaban J connectivity index is 1.40. The lowest BCUT2D eigenvalue weighted by Gasteiger charge is -2.28. The molecule has 4 heteroatoms. The van der Waals surface area contributed by atoms with Gasteiger partial charge in [-0.3, -0.25) is 4.79 Å². The first kappa shape index (κ1) is 16.4. The van der Waals surface area contributed by atoms with E-state index in [2.05, 4.69) is 34.2 Å². The van der Waals surface area contributed by atoms with E-state index in [9.17, 15) is 4.79 Å². The van der Waals surface area contributed by atoms with Crippen molar-refractivity contribution in [3.05, 3.63) is 34.3 Å². The third-order valence-electron chi connectivity index (χ3n) is 5.27. The fraction of sp³-hybridized carbons (Fsp3) is 0.611. The molecule has 1 aromatic rings. The monoisotopic (exact) mass is 381 g/mol. The summed E-state index contributed by atoms with van der Waals surface area (Å²) >= 11 is 5.24. The number of benzene rings is 1.